The average molecular weight is 311 g/mol. The number of ether oxygens (including phenoxy) is 1. The third-order valence-electron chi connectivity index (χ3n) is 3.69. The van der Waals surface area contributed by atoms with Crippen LogP contribution in [-0.2, 0) is 10.2 Å². The van der Waals surface area contributed by atoms with E-state index < -0.39 is 11.7 Å². The normalized spacial score (nSPS) is 16.4. The van der Waals surface area contributed by atoms with Crippen molar-refractivity contribution in [2.24, 2.45) is 5.73 Å². The Morgan fingerprint density at radius 3 is 2.62 bits per heavy atom. The molecule has 1 fully saturated rings. The Labute approximate surface area is 131 Å². The van der Waals surface area contributed by atoms with Gasteiger partial charge in [-0.25, -0.2) is 4.79 Å². The van der Waals surface area contributed by atoms with E-state index in [0.717, 1.165) is 19.3 Å². The van der Waals surface area contributed by atoms with Crippen molar-refractivity contribution in [1.29, 1.82) is 0 Å². The summed E-state index contributed by atoms with van der Waals surface area (Å²) >= 11 is 6.16. The molecule has 116 valence electrons. The number of hydrogen-bond donors (Lipinski definition) is 2. The third kappa shape index (κ3) is 4.11. The molecule has 0 radical (unpaired) electrons. The lowest BCUT2D eigenvalue weighted by molar-refractivity contribution is 0.0636. The number of nitrogens with one attached hydrogen (secondary N) is 1. The Kier molecular flexibility index (Phi) is 4.49. The molecular weight excluding hydrogens is 288 g/mol. The third-order valence-corrected chi connectivity index (χ3v) is 4.02. The predicted octanol–water partition coefficient (Wildman–Crippen LogP) is 4.07. The van der Waals surface area contributed by atoms with Crippen LogP contribution in [-0.4, -0.2) is 18.2 Å². The maximum Gasteiger partial charge on any atom is 0.412 e. The molecule has 0 unspecified atom stereocenters. The molecule has 5 heteroatoms. The molecule has 1 aromatic carbocycles. The van der Waals surface area contributed by atoms with Crippen LogP contribution < -0.4 is 11.1 Å². The van der Waals surface area contributed by atoms with Crippen molar-refractivity contribution < 1.29 is 9.53 Å². The van der Waals surface area contributed by atoms with Crippen molar-refractivity contribution in [1.82, 2.24) is 0 Å². The van der Waals surface area contributed by atoms with E-state index >= 15 is 0 Å². The quantitative estimate of drug-likeness (QED) is 0.881. The minimum Gasteiger partial charge on any atom is -0.444 e. The van der Waals surface area contributed by atoms with Crippen LogP contribution in [0.5, 0.6) is 0 Å². The van der Waals surface area contributed by atoms with Crippen LogP contribution >= 0.6 is 11.6 Å². The lowest BCUT2D eigenvalue weighted by Gasteiger charge is -2.21. The SMILES string of the molecule is CC(C)(C)OC(=O)Nc1cc(C2(CCN)CC2)ccc1Cl. The number of carbonyl (C=O) groups is 1. The van der Waals surface area contributed by atoms with Gasteiger partial charge in [0.1, 0.15) is 5.60 Å². The van der Waals surface area contributed by atoms with Gasteiger partial charge in [-0.2, -0.15) is 0 Å². The van der Waals surface area contributed by atoms with Gasteiger partial charge >= 0.3 is 6.09 Å². The van der Waals surface area contributed by atoms with Gasteiger partial charge in [0.05, 0.1) is 10.7 Å². The van der Waals surface area contributed by atoms with Crippen LogP contribution in [0, 0.1) is 0 Å². The molecule has 3 N–H and O–H groups in total. The second kappa shape index (κ2) is 5.85. The summed E-state index contributed by atoms with van der Waals surface area (Å²) in [6.07, 6.45) is 2.74. The number of amides is 1. The number of nitrogens with two attached hydrogens (primary N) is 1. The van der Waals surface area contributed by atoms with Gasteiger partial charge in [0.25, 0.3) is 0 Å². The van der Waals surface area contributed by atoms with Crippen LogP contribution in [0.3, 0.4) is 0 Å². The van der Waals surface area contributed by atoms with Crippen molar-refractivity contribution in [2.75, 3.05) is 11.9 Å². The molecule has 1 aliphatic rings. The highest BCUT2D eigenvalue weighted by atomic mass is 35.5. The molecule has 1 amide bonds. The lowest BCUT2D eigenvalue weighted by Crippen LogP contribution is -2.27. The highest BCUT2D eigenvalue weighted by Gasteiger charge is 2.43. The van der Waals surface area contributed by atoms with Gasteiger partial charge in [-0.15, -0.1) is 0 Å². The maximum atomic E-state index is 11.9. The number of anilines is 1. The minimum atomic E-state index is -0.536. The average Bonchev–Trinajstić information content (AvgIpc) is 3.11. The summed E-state index contributed by atoms with van der Waals surface area (Å²) in [6.45, 7) is 6.14. The molecule has 1 saturated carbocycles. The van der Waals surface area contributed by atoms with Crippen LogP contribution in [0.1, 0.15) is 45.6 Å². The molecule has 0 aliphatic heterocycles. The van der Waals surface area contributed by atoms with Gasteiger partial charge in [0.2, 0.25) is 0 Å². The summed E-state index contributed by atoms with van der Waals surface area (Å²) in [4.78, 5) is 11.9. The number of rotatable bonds is 4. The zero-order chi connectivity index (χ0) is 15.7. The van der Waals surface area contributed by atoms with Gasteiger partial charge in [0.15, 0.2) is 0 Å². The zero-order valence-corrected chi connectivity index (χ0v) is 13.6. The fourth-order valence-electron chi connectivity index (χ4n) is 2.47. The van der Waals surface area contributed by atoms with E-state index in [4.69, 9.17) is 22.1 Å². The number of hydrogen-bond acceptors (Lipinski definition) is 3. The molecule has 2 rings (SSSR count). The van der Waals surface area contributed by atoms with Crippen molar-refractivity contribution in [3.8, 4) is 0 Å². The lowest BCUT2D eigenvalue weighted by atomic mass is 9.92. The van der Waals surface area contributed by atoms with Crippen LogP contribution in [0.15, 0.2) is 18.2 Å². The second-order valence-electron chi connectivity index (χ2n) is 6.64. The Morgan fingerprint density at radius 1 is 1.43 bits per heavy atom. The Morgan fingerprint density at radius 2 is 2.10 bits per heavy atom. The summed E-state index contributed by atoms with van der Waals surface area (Å²) in [6, 6.07) is 5.78. The molecule has 1 aromatic rings. The molecule has 0 saturated heterocycles. The van der Waals surface area contributed by atoms with E-state index in [-0.39, 0.29) is 5.41 Å². The van der Waals surface area contributed by atoms with E-state index in [1.54, 1.807) is 0 Å². The van der Waals surface area contributed by atoms with Crippen molar-refractivity contribution in [3.63, 3.8) is 0 Å². The topological polar surface area (TPSA) is 64.3 Å². The summed E-state index contributed by atoms with van der Waals surface area (Å²) in [5, 5.41) is 3.23. The van der Waals surface area contributed by atoms with Gasteiger partial charge in [-0.05, 0) is 69.7 Å². The number of halogens is 1. The molecule has 1 aliphatic carbocycles. The first-order valence-corrected chi connectivity index (χ1v) is 7.64. The fourth-order valence-corrected chi connectivity index (χ4v) is 2.64. The van der Waals surface area contributed by atoms with Gasteiger partial charge in [0, 0.05) is 0 Å². The van der Waals surface area contributed by atoms with E-state index in [2.05, 4.69) is 5.32 Å². The Hall–Kier alpha value is -1.26. The molecular formula is C16H23ClN2O2. The molecule has 4 nitrogen and oxygen atoms in total. The number of carbonyl (C=O) groups excluding carboxylic acids is 1. The first kappa shape index (κ1) is 16.1. The van der Waals surface area contributed by atoms with Crippen LogP contribution in [0.25, 0.3) is 0 Å². The minimum absolute atomic E-state index is 0.170. The van der Waals surface area contributed by atoms with Crippen LogP contribution in [0.2, 0.25) is 5.02 Å². The molecule has 0 spiro atoms. The summed E-state index contributed by atoms with van der Waals surface area (Å²) in [5.41, 5.74) is 7.10. The van der Waals surface area contributed by atoms with Gasteiger partial charge in [-0.1, -0.05) is 17.7 Å². The zero-order valence-electron chi connectivity index (χ0n) is 12.8. The van der Waals surface area contributed by atoms with E-state index in [9.17, 15) is 4.79 Å². The van der Waals surface area contributed by atoms with Crippen molar-refractivity contribution in [2.45, 2.75) is 51.0 Å². The Balaban J connectivity index is 2.15. The largest absolute Gasteiger partial charge is 0.444 e. The van der Waals surface area contributed by atoms with E-state index in [0.29, 0.717) is 17.3 Å². The summed E-state index contributed by atoms with van der Waals surface area (Å²) in [7, 11) is 0. The molecule has 0 atom stereocenters. The van der Waals surface area contributed by atoms with Crippen molar-refractivity contribution in [3.05, 3.63) is 28.8 Å². The van der Waals surface area contributed by atoms with Crippen molar-refractivity contribution >= 4 is 23.4 Å². The van der Waals surface area contributed by atoms with Crippen LogP contribution in [0.4, 0.5) is 10.5 Å². The number of benzene rings is 1. The smallest absolute Gasteiger partial charge is 0.412 e. The van der Waals surface area contributed by atoms with Gasteiger partial charge in [-0.3, -0.25) is 5.32 Å². The van der Waals surface area contributed by atoms with E-state index in [1.165, 1.54) is 5.56 Å². The molecule has 21 heavy (non-hydrogen) atoms. The monoisotopic (exact) mass is 310 g/mol. The summed E-state index contributed by atoms with van der Waals surface area (Å²) in [5.74, 6) is 0. The second-order valence-corrected chi connectivity index (χ2v) is 7.05. The predicted molar refractivity (Wildman–Crippen MR) is 85.9 cm³/mol. The highest BCUT2D eigenvalue weighted by Crippen LogP contribution is 2.51. The highest BCUT2D eigenvalue weighted by molar-refractivity contribution is 6.33. The maximum absolute atomic E-state index is 11.9. The first-order chi connectivity index (χ1) is 9.76. The molecule has 0 aromatic heterocycles. The first-order valence-electron chi connectivity index (χ1n) is 7.26. The molecule has 0 heterocycles. The molecule has 0 bridgehead atoms. The fraction of sp³-hybridized carbons (Fsp3) is 0.562. The van der Waals surface area contributed by atoms with E-state index in [1.807, 2.05) is 39.0 Å². The van der Waals surface area contributed by atoms with Gasteiger partial charge < -0.3 is 10.5 Å². The standard InChI is InChI=1S/C16H23ClN2O2/c1-15(2,3)21-14(20)19-13-10-11(4-5-12(13)17)16(6-7-16)8-9-18/h4-5,10H,6-9,18H2,1-3H3,(H,19,20). The summed E-state index contributed by atoms with van der Waals surface area (Å²) < 4.78 is 5.26. The Bertz CT molecular complexity index is 534.